The third-order valence-electron chi connectivity index (χ3n) is 5.56. The molecule has 0 aliphatic heterocycles. The Bertz CT molecular complexity index is 1290. The second-order valence-electron chi connectivity index (χ2n) is 7.53. The number of fused-ring (bicyclic) bond motifs is 2. The summed E-state index contributed by atoms with van der Waals surface area (Å²) in [6.45, 7) is 0. The van der Waals surface area contributed by atoms with Gasteiger partial charge in [0.2, 0.25) is 0 Å². The van der Waals surface area contributed by atoms with Crippen LogP contribution in [0.25, 0.3) is 0 Å². The number of benzene rings is 3. The van der Waals surface area contributed by atoms with Crippen LogP contribution in [-0.4, -0.2) is 0 Å². The smallest absolute Gasteiger partial charge is 0.0412 e. The Morgan fingerprint density at radius 2 is 0.867 bits per heavy atom. The van der Waals surface area contributed by atoms with Crippen molar-refractivity contribution in [1.82, 2.24) is 0 Å². The highest BCUT2D eigenvalue weighted by Gasteiger charge is 2.09. The summed E-state index contributed by atoms with van der Waals surface area (Å²) in [5.41, 5.74) is 9.10. The maximum Gasteiger partial charge on any atom is 0.0412 e. The largest absolute Gasteiger partial charge is 0.0609 e. The molecule has 0 heteroatoms. The van der Waals surface area contributed by atoms with Gasteiger partial charge < -0.3 is 0 Å². The van der Waals surface area contributed by atoms with Gasteiger partial charge in [-0.25, -0.2) is 0 Å². The molecule has 0 unspecified atom stereocenters. The van der Waals surface area contributed by atoms with E-state index in [9.17, 15) is 0 Å². The zero-order chi connectivity index (χ0) is 20.2. The first kappa shape index (κ1) is 18.0. The third-order valence-corrected chi connectivity index (χ3v) is 5.56. The van der Waals surface area contributed by atoms with Crippen molar-refractivity contribution in [3.63, 3.8) is 0 Å². The maximum atomic E-state index is 3.31. The van der Waals surface area contributed by atoms with Crippen molar-refractivity contribution in [2.75, 3.05) is 0 Å². The van der Waals surface area contributed by atoms with Crippen LogP contribution in [0.2, 0.25) is 0 Å². The van der Waals surface area contributed by atoms with Crippen molar-refractivity contribution in [1.29, 1.82) is 0 Å². The van der Waals surface area contributed by atoms with Gasteiger partial charge in [-0.2, -0.15) is 0 Å². The van der Waals surface area contributed by atoms with Gasteiger partial charge in [0, 0.05) is 22.3 Å². The number of rotatable bonds is 0. The van der Waals surface area contributed by atoms with Crippen molar-refractivity contribution in [3.8, 4) is 47.4 Å². The molecule has 0 radical (unpaired) electrons. The van der Waals surface area contributed by atoms with Crippen LogP contribution in [0.4, 0.5) is 0 Å². The lowest BCUT2D eigenvalue weighted by atomic mass is 9.91. The fraction of sp³-hybridized carbons (Fsp3) is 0.133. The molecule has 6 aliphatic rings. The van der Waals surface area contributed by atoms with E-state index in [0.29, 0.717) is 0 Å². The highest BCUT2D eigenvalue weighted by molar-refractivity contribution is 5.56. The number of aryl methyl sites for hydroxylation is 4. The Balaban J connectivity index is 1.73. The summed E-state index contributed by atoms with van der Waals surface area (Å²) >= 11 is 0. The lowest BCUT2D eigenvalue weighted by Crippen LogP contribution is -2.02. The molecule has 9 rings (SSSR count). The van der Waals surface area contributed by atoms with Crippen molar-refractivity contribution >= 4 is 0 Å². The quantitative estimate of drug-likeness (QED) is 0.498. The molecule has 138 valence electrons. The summed E-state index contributed by atoms with van der Waals surface area (Å²) in [4.78, 5) is 0. The molecule has 30 heavy (non-hydrogen) atoms. The third kappa shape index (κ3) is 3.87. The van der Waals surface area contributed by atoms with Crippen LogP contribution in [0.5, 0.6) is 0 Å². The van der Waals surface area contributed by atoms with E-state index in [1.807, 2.05) is 24.3 Å². The Morgan fingerprint density at radius 1 is 0.433 bits per heavy atom. The maximum absolute atomic E-state index is 3.31. The van der Waals surface area contributed by atoms with Crippen LogP contribution >= 0.6 is 0 Å². The molecule has 0 nitrogen and oxygen atoms in total. The van der Waals surface area contributed by atoms with E-state index in [-0.39, 0.29) is 0 Å². The monoisotopic (exact) mass is 378 g/mol. The normalized spacial score (nSPS) is 12.8. The lowest BCUT2D eigenvalue weighted by Gasteiger charge is -2.13. The average Bonchev–Trinajstić information content (AvgIpc) is 2.77. The van der Waals surface area contributed by atoms with Crippen LogP contribution in [0, 0.1) is 47.4 Å². The summed E-state index contributed by atoms with van der Waals surface area (Å²) in [6, 6.07) is 21.3. The summed E-state index contributed by atoms with van der Waals surface area (Å²) in [7, 11) is 0. The van der Waals surface area contributed by atoms with E-state index in [0.717, 1.165) is 47.9 Å². The standard InChI is InChI=1S/C30H18/c1-2-8-26-10-4-6-12-30-22-24-14-18-28(30)20-16-23-13-17-27(19-15-24)29(21-23)11-5-3-9-25(26)7-1/h1-2,7-8,13-14,17-18,21-22H,15-16,19-20H2. The molecule has 0 spiro atoms. The topological polar surface area (TPSA) is 0 Å². The van der Waals surface area contributed by atoms with E-state index in [4.69, 9.17) is 0 Å². The summed E-state index contributed by atoms with van der Waals surface area (Å²) in [5.74, 6) is 25.1. The highest BCUT2D eigenvalue weighted by Crippen LogP contribution is 2.21. The molecule has 0 saturated carbocycles. The Kier molecular flexibility index (Phi) is 4.85. The first-order chi connectivity index (χ1) is 14.8. The van der Waals surface area contributed by atoms with E-state index in [2.05, 4.69) is 83.8 Å². The van der Waals surface area contributed by atoms with E-state index in [1.54, 1.807) is 0 Å². The zero-order valence-electron chi connectivity index (χ0n) is 16.6. The van der Waals surface area contributed by atoms with E-state index >= 15 is 0 Å². The second kappa shape index (κ2) is 8.10. The molecule has 3 aromatic carbocycles. The molecule has 0 saturated heterocycles. The van der Waals surface area contributed by atoms with Crippen LogP contribution in [0.3, 0.4) is 0 Å². The van der Waals surface area contributed by atoms with Gasteiger partial charge >= 0.3 is 0 Å². The van der Waals surface area contributed by atoms with Crippen LogP contribution in [0.1, 0.15) is 44.5 Å². The molecule has 0 atom stereocenters. The van der Waals surface area contributed by atoms with Gasteiger partial charge in [0.15, 0.2) is 0 Å². The second-order valence-corrected chi connectivity index (χ2v) is 7.53. The van der Waals surface area contributed by atoms with Crippen LogP contribution < -0.4 is 0 Å². The Hall–Kier alpha value is -4.10. The van der Waals surface area contributed by atoms with Gasteiger partial charge in [-0.05, 0) is 95.9 Å². The van der Waals surface area contributed by atoms with Gasteiger partial charge in [0.1, 0.15) is 0 Å². The summed E-state index contributed by atoms with van der Waals surface area (Å²) in [6.07, 6.45) is 3.83. The Morgan fingerprint density at radius 3 is 1.33 bits per heavy atom. The highest BCUT2D eigenvalue weighted by atomic mass is 14.1. The first-order valence-corrected chi connectivity index (χ1v) is 10.2. The molecule has 6 aliphatic carbocycles. The molecular weight excluding hydrogens is 360 g/mol. The lowest BCUT2D eigenvalue weighted by molar-refractivity contribution is 0.916. The SMILES string of the molecule is C1#Cc2ccccc2C#CC#Cc2cc3ccc2CCc2ccc(c(c2)C#C1)CC3. The fourth-order valence-electron chi connectivity index (χ4n) is 3.88. The fourth-order valence-corrected chi connectivity index (χ4v) is 3.88. The average molecular weight is 378 g/mol. The molecule has 3 aromatic rings. The molecule has 6 bridgehead atoms. The van der Waals surface area contributed by atoms with Gasteiger partial charge in [-0.3, -0.25) is 0 Å². The minimum Gasteiger partial charge on any atom is -0.0609 e. The van der Waals surface area contributed by atoms with Crippen LogP contribution in [0.15, 0.2) is 60.7 Å². The molecule has 0 aromatic heterocycles. The predicted molar refractivity (Wildman–Crippen MR) is 122 cm³/mol. The summed E-state index contributed by atoms with van der Waals surface area (Å²) < 4.78 is 0. The minimum atomic E-state index is 0.881. The molecular formula is C30H18. The van der Waals surface area contributed by atoms with Crippen molar-refractivity contribution in [2.45, 2.75) is 25.7 Å². The zero-order valence-corrected chi connectivity index (χ0v) is 16.6. The predicted octanol–water partition coefficient (Wildman–Crippen LogP) is 4.69. The molecule has 0 fully saturated rings. The van der Waals surface area contributed by atoms with Crippen molar-refractivity contribution in [3.05, 3.63) is 105 Å². The van der Waals surface area contributed by atoms with Crippen LogP contribution in [-0.2, 0) is 25.7 Å². The number of hydrogen-bond acceptors (Lipinski definition) is 0. The van der Waals surface area contributed by atoms with Gasteiger partial charge in [-0.1, -0.05) is 60.1 Å². The van der Waals surface area contributed by atoms with Crippen molar-refractivity contribution < 1.29 is 0 Å². The van der Waals surface area contributed by atoms with E-state index < -0.39 is 0 Å². The van der Waals surface area contributed by atoms with Gasteiger partial charge in [0.05, 0.1) is 0 Å². The van der Waals surface area contributed by atoms with Gasteiger partial charge in [0.25, 0.3) is 0 Å². The Labute approximate surface area is 178 Å². The number of hydrogen-bond donors (Lipinski definition) is 0. The summed E-state index contributed by atoms with van der Waals surface area (Å²) in [5, 5.41) is 0. The van der Waals surface area contributed by atoms with Gasteiger partial charge in [-0.15, -0.1) is 0 Å². The van der Waals surface area contributed by atoms with E-state index in [1.165, 1.54) is 22.3 Å². The minimum absolute atomic E-state index is 0.881. The van der Waals surface area contributed by atoms with Crippen molar-refractivity contribution in [2.24, 2.45) is 0 Å². The molecule has 0 amide bonds. The molecule has 0 heterocycles. The molecule has 0 N–H and O–H groups in total. The first-order valence-electron chi connectivity index (χ1n) is 10.2.